The van der Waals surface area contributed by atoms with Crippen LogP contribution in [0.3, 0.4) is 0 Å². The summed E-state index contributed by atoms with van der Waals surface area (Å²) in [6.45, 7) is 0.972. The second-order valence-electron chi connectivity index (χ2n) is 9.23. The third-order valence-corrected chi connectivity index (χ3v) is 7.03. The standard InChI is InChI=1S/C26H23F2N5O2/c27-22-8-17(12-29)7-19(10-22)24-5-6-35-33(24)26(34)18-3-1-16(2-4-18)15-32-25-11-23(28)20(13-30)9-21(25)14-31-32/h7-11,14,16,18,24H,1-6,15H2/t16-,18-,24-/m0/s1. The minimum absolute atomic E-state index is 0.000551. The number of carbonyl (C=O) groups is 1. The normalized spacial score (nSPS) is 22.2. The van der Waals surface area contributed by atoms with Crippen molar-refractivity contribution in [3.05, 3.63) is 64.9 Å². The van der Waals surface area contributed by atoms with Crippen LogP contribution in [0.25, 0.3) is 10.9 Å². The lowest BCUT2D eigenvalue weighted by Gasteiger charge is -2.32. The van der Waals surface area contributed by atoms with Crippen molar-refractivity contribution in [2.45, 2.75) is 44.7 Å². The van der Waals surface area contributed by atoms with Crippen LogP contribution in [0.15, 0.2) is 36.5 Å². The molecule has 0 N–H and O–H groups in total. The number of hydroxylamine groups is 2. The third kappa shape index (κ3) is 4.48. The Hall–Kier alpha value is -3.82. The molecule has 9 heteroatoms. The molecule has 1 aliphatic carbocycles. The lowest BCUT2D eigenvalue weighted by molar-refractivity contribution is -0.183. The highest BCUT2D eigenvalue weighted by Crippen LogP contribution is 2.37. The molecule has 35 heavy (non-hydrogen) atoms. The molecule has 2 aromatic carbocycles. The van der Waals surface area contributed by atoms with Gasteiger partial charge in [-0.25, -0.2) is 13.8 Å². The number of rotatable bonds is 4. The van der Waals surface area contributed by atoms with E-state index in [0.29, 0.717) is 43.5 Å². The summed E-state index contributed by atoms with van der Waals surface area (Å²) >= 11 is 0. The van der Waals surface area contributed by atoms with E-state index < -0.39 is 17.7 Å². The summed E-state index contributed by atoms with van der Waals surface area (Å²) in [5.74, 6) is -1.08. The number of fused-ring (bicyclic) bond motifs is 1. The third-order valence-electron chi connectivity index (χ3n) is 7.03. The molecule has 178 valence electrons. The summed E-state index contributed by atoms with van der Waals surface area (Å²) < 4.78 is 29.8. The Morgan fingerprint density at radius 3 is 2.60 bits per heavy atom. The molecule has 0 unspecified atom stereocenters. The summed E-state index contributed by atoms with van der Waals surface area (Å²) in [6, 6.07) is 10.4. The van der Waals surface area contributed by atoms with Gasteiger partial charge in [-0.1, -0.05) is 0 Å². The topological polar surface area (TPSA) is 94.9 Å². The van der Waals surface area contributed by atoms with Crippen molar-refractivity contribution in [2.75, 3.05) is 6.61 Å². The molecule has 1 saturated heterocycles. The number of halogens is 2. The second-order valence-corrected chi connectivity index (χ2v) is 9.23. The van der Waals surface area contributed by atoms with Crippen LogP contribution in [0.1, 0.15) is 54.8 Å². The maximum Gasteiger partial charge on any atom is 0.249 e. The quantitative estimate of drug-likeness (QED) is 0.542. The molecule has 7 nitrogen and oxygen atoms in total. The van der Waals surface area contributed by atoms with Crippen LogP contribution < -0.4 is 0 Å². The molecule has 1 aromatic heterocycles. The number of nitrogens with zero attached hydrogens (tertiary/aromatic N) is 5. The van der Waals surface area contributed by atoms with Crippen LogP contribution >= 0.6 is 0 Å². The van der Waals surface area contributed by atoms with E-state index in [1.165, 1.54) is 29.3 Å². The van der Waals surface area contributed by atoms with Crippen molar-refractivity contribution in [1.82, 2.24) is 14.8 Å². The number of nitriles is 2. The van der Waals surface area contributed by atoms with E-state index in [1.807, 2.05) is 12.1 Å². The molecular weight excluding hydrogens is 452 g/mol. The smallest absolute Gasteiger partial charge is 0.249 e. The summed E-state index contributed by atoms with van der Waals surface area (Å²) in [5.41, 5.74) is 1.44. The number of amides is 1. The Kier molecular flexibility index (Phi) is 6.19. The van der Waals surface area contributed by atoms with Gasteiger partial charge in [-0.05, 0) is 61.4 Å². The van der Waals surface area contributed by atoms with Gasteiger partial charge in [0.1, 0.15) is 17.7 Å². The average Bonchev–Trinajstić information content (AvgIpc) is 3.50. The maximum absolute atomic E-state index is 14.1. The summed E-state index contributed by atoms with van der Waals surface area (Å²) in [6.07, 6.45) is 5.19. The van der Waals surface area contributed by atoms with E-state index in [0.717, 1.165) is 18.2 Å². The van der Waals surface area contributed by atoms with E-state index >= 15 is 0 Å². The lowest BCUT2D eigenvalue weighted by Crippen LogP contribution is -2.37. The zero-order valence-corrected chi connectivity index (χ0v) is 19.0. The lowest BCUT2D eigenvalue weighted by atomic mass is 9.81. The van der Waals surface area contributed by atoms with Crippen molar-refractivity contribution in [1.29, 1.82) is 10.5 Å². The van der Waals surface area contributed by atoms with Crippen molar-refractivity contribution < 1.29 is 18.4 Å². The molecule has 0 spiro atoms. The SMILES string of the molecule is N#Cc1cc(F)cc([C@@H]2CCON2C(=O)[C@H]2CC[C@H](Cn3ncc4cc(C#N)c(F)cc43)CC2)c1. The van der Waals surface area contributed by atoms with Crippen LogP contribution in [-0.4, -0.2) is 27.4 Å². The first-order valence-corrected chi connectivity index (χ1v) is 11.7. The fraction of sp³-hybridized carbons (Fsp3) is 0.385. The van der Waals surface area contributed by atoms with E-state index in [-0.39, 0.29) is 28.9 Å². The number of aromatic nitrogens is 2. The van der Waals surface area contributed by atoms with Gasteiger partial charge < -0.3 is 0 Å². The van der Waals surface area contributed by atoms with Crippen LogP contribution in [0.4, 0.5) is 8.78 Å². The van der Waals surface area contributed by atoms with Gasteiger partial charge >= 0.3 is 0 Å². The van der Waals surface area contributed by atoms with E-state index in [9.17, 15) is 13.6 Å². The fourth-order valence-corrected chi connectivity index (χ4v) is 5.21. The molecule has 1 amide bonds. The summed E-state index contributed by atoms with van der Waals surface area (Å²) in [7, 11) is 0. The Morgan fingerprint density at radius 2 is 1.86 bits per heavy atom. The molecule has 3 aromatic rings. The predicted octanol–water partition coefficient (Wildman–Crippen LogP) is 4.77. The minimum Gasteiger partial charge on any atom is -0.272 e. The van der Waals surface area contributed by atoms with Crippen molar-refractivity contribution >= 4 is 16.8 Å². The molecular formula is C26H23F2N5O2. The molecule has 5 rings (SSSR count). The van der Waals surface area contributed by atoms with Gasteiger partial charge in [-0.15, -0.1) is 0 Å². The highest BCUT2D eigenvalue weighted by Gasteiger charge is 2.37. The van der Waals surface area contributed by atoms with Crippen molar-refractivity contribution in [2.24, 2.45) is 11.8 Å². The molecule has 2 heterocycles. The number of hydrogen-bond acceptors (Lipinski definition) is 5. The average molecular weight is 475 g/mol. The zero-order chi connectivity index (χ0) is 24.5. The highest BCUT2D eigenvalue weighted by atomic mass is 19.1. The van der Waals surface area contributed by atoms with Gasteiger partial charge in [0.15, 0.2) is 0 Å². The van der Waals surface area contributed by atoms with E-state index in [1.54, 1.807) is 16.9 Å². The second kappa shape index (κ2) is 9.44. The number of carbonyl (C=O) groups excluding carboxylic acids is 1. The van der Waals surface area contributed by atoms with E-state index in [2.05, 4.69) is 5.10 Å². The van der Waals surface area contributed by atoms with Crippen molar-refractivity contribution in [3.8, 4) is 12.1 Å². The highest BCUT2D eigenvalue weighted by molar-refractivity contribution is 5.80. The number of hydrogen-bond donors (Lipinski definition) is 0. The predicted molar refractivity (Wildman–Crippen MR) is 121 cm³/mol. The Morgan fingerprint density at radius 1 is 1.06 bits per heavy atom. The molecule has 0 radical (unpaired) electrons. The summed E-state index contributed by atoms with van der Waals surface area (Å²) in [4.78, 5) is 18.9. The monoisotopic (exact) mass is 475 g/mol. The molecule has 1 atom stereocenters. The van der Waals surface area contributed by atoms with Gasteiger partial charge in [0, 0.05) is 30.3 Å². The van der Waals surface area contributed by atoms with Crippen LogP contribution in [0.2, 0.25) is 0 Å². The Balaban J connectivity index is 1.24. The van der Waals surface area contributed by atoms with Crippen LogP contribution in [0.5, 0.6) is 0 Å². The van der Waals surface area contributed by atoms with Crippen molar-refractivity contribution in [3.63, 3.8) is 0 Å². The minimum atomic E-state index is -0.559. The molecule has 2 fully saturated rings. The Labute approximate surface area is 201 Å². The van der Waals surface area contributed by atoms with Gasteiger partial charge in [0.05, 0.1) is 41.6 Å². The number of benzene rings is 2. The van der Waals surface area contributed by atoms with Gasteiger partial charge in [-0.2, -0.15) is 15.6 Å². The fourth-order valence-electron chi connectivity index (χ4n) is 5.21. The zero-order valence-electron chi connectivity index (χ0n) is 19.0. The van der Waals surface area contributed by atoms with Crippen LogP contribution in [-0.2, 0) is 16.2 Å². The van der Waals surface area contributed by atoms with Gasteiger partial charge in [0.25, 0.3) is 0 Å². The van der Waals surface area contributed by atoms with Crippen LogP contribution in [0, 0.1) is 46.1 Å². The maximum atomic E-state index is 14.1. The first-order valence-electron chi connectivity index (χ1n) is 11.7. The first kappa shape index (κ1) is 22.9. The molecule has 1 aliphatic heterocycles. The van der Waals surface area contributed by atoms with Gasteiger partial charge in [0.2, 0.25) is 5.91 Å². The molecule has 2 aliphatic rings. The molecule has 1 saturated carbocycles. The van der Waals surface area contributed by atoms with E-state index in [4.69, 9.17) is 15.4 Å². The van der Waals surface area contributed by atoms with Gasteiger partial charge in [-0.3, -0.25) is 14.3 Å². The summed E-state index contributed by atoms with van der Waals surface area (Å²) in [5, 5.41) is 24.7. The molecule has 0 bridgehead atoms. The first-order chi connectivity index (χ1) is 17.0. The Bertz CT molecular complexity index is 1360. The largest absolute Gasteiger partial charge is 0.272 e.